The van der Waals surface area contributed by atoms with Crippen molar-refractivity contribution in [3.05, 3.63) is 59.1 Å². The topological polar surface area (TPSA) is 32.8 Å². The quantitative estimate of drug-likeness (QED) is 0.847. The van der Waals surface area contributed by atoms with Gasteiger partial charge in [-0.15, -0.1) is 0 Å². The van der Waals surface area contributed by atoms with E-state index in [1.807, 2.05) is 60.4 Å². The first-order chi connectivity index (χ1) is 11.7. The van der Waals surface area contributed by atoms with Crippen molar-refractivity contribution < 1.29 is 9.53 Å². The SMILES string of the molecule is CCOc1ccccc1C(=O)N1CCN(c2ccc(Cl)cc2)CC1. The van der Waals surface area contributed by atoms with E-state index in [2.05, 4.69) is 4.90 Å². The summed E-state index contributed by atoms with van der Waals surface area (Å²) in [6.07, 6.45) is 0. The van der Waals surface area contributed by atoms with Gasteiger partial charge in [0, 0.05) is 36.9 Å². The maximum Gasteiger partial charge on any atom is 0.257 e. The molecule has 2 aromatic rings. The number of piperazine rings is 1. The minimum Gasteiger partial charge on any atom is -0.493 e. The monoisotopic (exact) mass is 344 g/mol. The Morgan fingerprint density at radius 2 is 1.71 bits per heavy atom. The zero-order chi connectivity index (χ0) is 16.9. The van der Waals surface area contributed by atoms with Gasteiger partial charge < -0.3 is 14.5 Å². The largest absolute Gasteiger partial charge is 0.493 e. The Bertz CT molecular complexity index is 695. The Balaban J connectivity index is 1.66. The lowest BCUT2D eigenvalue weighted by Crippen LogP contribution is -2.48. The third kappa shape index (κ3) is 3.65. The lowest BCUT2D eigenvalue weighted by atomic mass is 10.1. The number of anilines is 1. The molecule has 0 saturated carbocycles. The first-order valence-corrected chi connectivity index (χ1v) is 8.58. The van der Waals surface area contributed by atoms with E-state index in [1.54, 1.807) is 0 Å². The molecule has 3 rings (SSSR count). The summed E-state index contributed by atoms with van der Waals surface area (Å²) in [5.74, 6) is 0.694. The van der Waals surface area contributed by atoms with Gasteiger partial charge in [-0.25, -0.2) is 0 Å². The molecule has 5 heteroatoms. The summed E-state index contributed by atoms with van der Waals surface area (Å²) in [7, 11) is 0. The average Bonchev–Trinajstić information content (AvgIpc) is 2.63. The molecular weight excluding hydrogens is 324 g/mol. The fourth-order valence-corrected chi connectivity index (χ4v) is 3.04. The third-order valence-corrected chi connectivity index (χ3v) is 4.43. The van der Waals surface area contributed by atoms with E-state index >= 15 is 0 Å². The van der Waals surface area contributed by atoms with Crippen molar-refractivity contribution in [1.29, 1.82) is 0 Å². The highest BCUT2D eigenvalue weighted by molar-refractivity contribution is 6.30. The number of ether oxygens (including phenoxy) is 1. The number of halogens is 1. The first-order valence-electron chi connectivity index (χ1n) is 8.20. The molecule has 126 valence electrons. The van der Waals surface area contributed by atoms with Gasteiger partial charge in [-0.1, -0.05) is 23.7 Å². The molecule has 0 radical (unpaired) electrons. The van der Waals surface area contributed by atoms with E-state index in [4.69, 9.17) is 16.3 Å². The fourth-order valence-electron chi connectivity index (χ4n) is 2.91. The van der Waals surface area contributed by atoms with Crippen molar-refractivity contribution in [2.45, 2.75) is 6.92 Å². The van der Waals surface area contributed by atoms with Crippen molar-refractivity contribution in [3.63, 3.8) is 0 Å². The van der Waals surface area contributed by atoms with Crippen LogP contribution in [0.1, 0.15) is 17.3 Å². The second-order valence-corrected chi connectivity index (χ2v) is 6.12. The Labute approximate surface area is 147 Å². The van der Waals surface area contributed by atoms with Crippen LogP contribution < -0.4 is 9.64 Å². The van der Waals surface area contributed by atoms with Crippen LogP contribution in [0.5, 0.6) is 5.75 Å². The number of carbonyl (C=O) groups is 1. The number of carbonyl (C=O) groups excluding carboxylic acids is 1. The van der Waals surface area contributed by atoms with Gasteiger partial charge in [0.25, 0.3) is 5.91 Å². The van der Waals surface area contributed by atoms with Crippen molar-refractivity contribution in [2.24, 2.45) is 0 Å². The molecule has 0 aliphatic carbocycles. The molecule has 0 unspecified atom stereocenters. The van der Waals surface area contributed by atoms with E-state index in [-0.39, 0.29) is 5.91 Å². The summed E-state index contributed by atoms with van der Waals surface area (Å²) in [4.78, 5) is 17.0. The van der Waals surface area contributed by atoms with E-state index in [0.29, 0.717) is 31.0 Å². The van der Waals surface area contributed by atoms with Gasteiger partial charge in [-0.05, 0) is 43.3 Å². The second kappa shape index (κ2) is 7.58. The number of benzene rings is 2. The number of hydrogen-bond acceptors (Lipinski definition) is 3. The zero-order valence-electron chi connectivity index (χ0n) is 13.7. The smallest absolute Gasteiger partial charge is 0.257 e. The molecule has 1 aliphatic heterocycles. The van der Waals surface area contributed by atoms with Crippen LogP contribution in [-0.2, 0) is 0 Å². The summed E-state index contributed by atoms with van der Waals surface area (Å²) >= 11 is 5.94. The van der Waals surface area contributed by atoms with E-state index in [0.717, 1.165) is 23.8 Å². The van der Waals surface area contributed by atoms with Crippen LogP contribution in [0, 0.1) is 0 Å². The molecular formula is C19H21ClN2O2. The van der Waals surface area contributed by atoms with Gasteiger partial charge in [0.1, 0.15) is 5.75 Å². The standard InChI is InChI=1S/C19H21ClN2O2/c1-2-24-18-6-4-3-5-17(18)19(23)22-13-11-21(12-14-22)16-9-7-15(20)8-10-16/h3-10H,2,11-14H2,1H3. The molecule has 1 fully saturated rings. The molecule has 1 heterocycles. The van der Waals surface area contributed by atoms with Crippen LogP contribution in [0.15, 0.2) is 48.5 Å². The highest BCUT2D eigenvalue weighted by Crippen LogP contribution is 2.23. The Morgan fingerprint density at radius 1 is 1.04 bits per heavy atom. The van der Waals surface area contributed by atoms with Crippen LogP contribution >= 0.6 is 11.6 Å². The Hall–Kier alpha value is -2.20. The van der Waals surface area contributed by atoms with Crippen molar-refractivity contribution >= 4 is 23.2 Å². The maximum atomic E-state index is 12.8. The number of para-hydroxylation sites is 1. The normalized spacial score (nSPS) is 14.6. The van der Waals surface area contributed by atoms with Gasteiger partial charge in [0.05, 0.1) is 12.2 Å². The predicted molar refractivity (Wildman–Crippen MR) is 97.2 cm³/mol. The van der Waals surface area contributed by atoms with Gasteiger partial charge in [0.15, 0.2) is 0 Å². The van der Waals surface area contributed by atoms with E-state index in [1.165, 1.54) is 0 Å². The van der Waals surface area contributed by atoms with Gasteiger partial charge in [-0.3, -0.25) is 4.79 Å². The molecule has 2 aromatic carbocycles. The first kappa shape index (κ1) is 16.7. The number of rotatable bonds is 4. The molecule has 0 bridgehead atoms. The third-order valence-electron chi connectivity index (χ3n) is 4.18. The van der Waals surface area contributed by atoms with E-state index in [9.17, 15) is 4.79 Å². The average molecular weight is 345 g/mol. The van der Waals surface area contributed by atoms with Crippen LogP contribution in [0.25, 0.3) is 0 Å². The highest BCUT2D eigenvalue weighted by atomic mass is 35.5. The Morgan fingerprint density at radius 3 is 2.38 bits per heavy atom. The van der Waals surface area contributed by atoms with Crippen molar-refractivity contribution in [2.75, 3.05) is 37.7 Å². The molecule has 1 aliphatic rings. The lowest BCUT2D eigenvalue weighted by molar-refractivity contribution is 0.0742. The zero-order valence-corrected chi connectivity index (χ0v) is 14.5. The van der Waals surface area contributed by atoms with E-state index < -0.39 is 0 Å². The van der Waals surface area contributed by atoms with Crippen LogP contribution in [-0.4, -0.2) is 43.6 Å². The summed E-state index contributed by atoms with van der Waals surface area (Å²) in [6, 6.07) is 15.3. The molecule has 1 amide bonds. The summed E-state index contributed by atoms with van der Waals surface area (Å²) < 4.78 is 5.58. The van der Waals surface area contributed by atoms with Crippen LogP contribution in [0.3, 0.4) is 0 Å². The second-order valence-electron chi connectivity index (χ2n) is 5.68. The molecule has 24 heavy (non-hydrogen) atoms. The lowest BCUT2D eigenvalue weighted by Gasteiger charge is -2.36. The van der Waals surface area contributed by atoms with Gasteiger partial charge in [0.2, 0.25) is 0 Å². The minimum absolute atomic E-state index is 0.0369. The summed E-state index contributed by atoms with van der Waals surface area (Å²) in [5, 5.41) is 0.736. The van der Waals surface area contributed by atoms with Crippen LogP contribution in [0.2, 0.25) is 5.02 Å². The van der Waals surface area contributed by atoms with Crippen molar-refractivity contribution in [3.8, 4) is 5.75 Å². The maximum absolute atomic E-state index is 12.8. The Kier molecular flexibility index (Phi) is 5.26. The predicted octanol–water partition coefficient (Wildman–Crippen LogP) is 3.70. The molecule has 1 saturated heterocycles. The van der Waals surface area contributed by atoms with Crippen LogP contribution in [0.4, 0.5) is 5.69 Å². The number of nitrogens with zero attached hydrogens (tertiary/aromatic N) is 2. The molecule has 0 atom stereocenters. The minimum atomic E-state index is 0.0369. The molecule has 0 aromatic heterocycles. The van der Waals surface area contributed by atoms with Crippen molar-refractivity contribution in [1.82, 2.24) is 4.90 Å². The number of hydrogen-bond donors (Lipinski definition) is 0. The van der Waals surface area contributed by atoms with Gasteiger partial charge in [-0.2, -0.15) is 0 Å². The molecule has 0 N–H and O–H groups in total. The summed E-state index contributed by atoms with van der Waals surface area (Å²) in [6.45, 7) is 5.49. The molecule has 0 spiro atoms. The van der Waals surface area contributed by atoms with Gasteiger partial charge >= 0.3 is 0 Å². The highest BCUT2D eigenvalue weighted by Gasteiger charge is 2.24. The number of amides is 1. The fraction of sp³-hybridized carbons (Fsp3) is 0.316. The molecule has 4 nitrogen and oxygen atoms in total. The summed E-state index contributed by atoms with van der Waals surface area (Å²) in [5.41, 5.74) is 1.78.